The van der Waals surface area contributed by atoms with Crippen LogP contribution in [0.15, 0.2) is 24.3 Å². The zero-order valence-corrected chi connectivity index (χ0v) is 11.2. The zero-order valence-electron chi connectivity index (χ0n) is 9.67. The Morgan fingerprint density at radius 2 is 1.35 bits per heavy atom. The van der Waals surface area contributed by atoms with Crippen LogP contribution in [0.25, 0.3) is 10.8 Å². The molecular weight excluding hydrogens is 255 g/mol. The maximum Gasteiger partial charge on any atom is 0.0898 e. The van der Waals surface area contributed by atoms with Gasteiger partial charge in [0.25, 0.3) is 0 Å². The predicted octanol–water partition coefficient (Wildman–Crippen LogP) is 3.99. The van der Waals surface area contributed by atoms with E-state index in [1.807, 2.05) is 38.4 Å². The predicted molar refractivity (Wildman–Crippen MR) is 75.6 cm³/mol. The lowest BCUT2D eigenvalue weighted by Gasteiger charge is -2.36. The highest BCUT2D eigenvalue weighted by Crippen LogP contribution is 2.45. The molecule has 0 saturated heterocycles. The molecule has 0 atom stereocenters. The first-order chi connectivity index (χ1) is 8.09. The summed E-state index contributed by atoms with van der Waals surface area (Å²) < 4.78 is 0. The van der Waals surface area contributed by atoms with Crippen molar-refractivity contribution in [2.24, 2.45) is 0 Å². The average Bonchev–Trinajstić information content (AvgIpc) is 2.27. The maximum atomic E-state index is 6.30. The number of halogens is 2. The van der Waals surface area contributed by atoms with Gasteiger partial charge in [-0.25, -0.2) is 0 Å². The van der Waals surface area contributed by atoms with Gasteiger partial charge in [0, 0.05) is 19.5 Å². The zero-order chi connectivity index (χ0) is 12.2. The lowest BCUT2D eigenvalue weighted by molar-refractivity contribution is 0.847. The van der Waals surface area contributed by atoms with Crippen molar-refractivity contribution in [1.82, 2.24) is 0 Å². The number of rotatable bonds is 0. The summed E-state index contributed by atoms with van der Waals surface area (Å²) in [5.74, 6) is 0. The molecule has 2 aromatic rings. The van der Waals surface area contributed by atoms with E-state index in [2.05, 4.69) is 9.80 Å². The summed E-state index contributed by atoms with van der Waals surface area (Å²) in [5, 5.41) is 3.86. The average molecular weight is 267 g/mol. The molecule has 4 heteroatoms. The topological polar surface area (TPSA) is 6.48 Å². The van der Waals surface area contributed by atoms with Gasteiger partial charge in [-0.2, -0.15) is 0 Å². The summed E-state index contributed by atoms with van der Waals surface area (Å²) >= 11 is 12.6. The molecule has 1 aliphatic heterocycles. The fourth-order valence-corrected chi connectivity index (χ4v) is 3.14. The fraction of sp³-hybridized carbons (Fsp3) is 0.231. The summed E-state index contributed by atoms with van der Waals surface area (Å²) in [5.41, 5.74) is 2.14. The van der Waals surface area contributed by atoms with Gasteiger partial charge in [-0.3, -0.25) is 0 Å². The van der Waals surface area contributed by atoms with Gasteiger partial charge in [-0.15, -0.1) is 0 Å². The third-order valence-corrected chi connectivity index (χ3v) is 3.83. The molecule has 0 spiro atoms. The van der Waals surface area contributed by atoms with Gasteiger partial charge in [0.05, 0.1) is 28.1 Å². The molecule has 0 fully saturated rings. The quantitative estimate of drug-likeness (QED) is 0.712. The van der Waals surface area contributed by atoms with Crippen molar-refractivity contribution >= 4 is 45.3 Å². The Balaban J connectivity index is 2.52. The standard InChI is InChI=1S/C13H12Cl2N2/c1-16-7-17(2)13-10(15)6-4-8-3-5-9(14)12(16)11(8)13/h3-6H,7H2,1-2H3. The smallest absolute Gasteiger partial charge is 0.0898 e. The van der Waals surface area contributed by atoms with Gasteiger partial charge < -0.3 is 9.80 Å². The molecule has 0 aliphatic carbocycles. The highest BCUT2D eigenvalue weighted by Gasteiger charge is 2.23. The van der Waals surface area contributed by atoms with Crippen molar-refractivity contribution < 1.29 is 0 Å². The van der Waals surface area contributed by atoms with E-state index in [0.29, 0.717) is 0 Å². The minimum Gasteiger partial charge on any atom is -0.355 e. The Bertz CT molecular complexity index is 561. The van der Waals surface area contributed by atoms with Crippen LogP contribution < -0.4 is 9.80 Å². The fourth-order valence-electron chi connectivity index (χ4n) is 2.54. The van der Waals surface area contributed by atoms with Crippen LogP contribution >= 0.6 is 23.2 Å². The van der Waals surface area contributed by atoms with Crippen LogP contribution in [0.4, 0.5) is 11.4 Å². The van der Waals surface area contributed by atoms with Crippen molar-refractivity contribution in [2.75, 3.05) is 30.6 Å². The molecule has 0 bridgehead atoms. The molecule has 2 nitrogen and oxygen atoms in total. The molecule has 0 amide bonds. The highest BCUT2D eigenvalue weighted by molar-refractivity contribution is 6.38. The molecule has 88 valence electrons. The van der Waals surface area contributed by atoms with Crippen LogP contribution in [0.2, 0.25) is 10.0 Å². The molecule has 1 aliphatic rings. The van der Waals surface area contributed by atoms with Crippen molar-refractivity contribution in [3.05, 3.63) is 34.3 Å². The van der Waals surface area contributed by atoms with Gasteiger partial charge >= 0.3 is 0 Å². The summed E-state index contributed by atoms with van der Waals surface area (Å²) in [7, 11) is 4.09. The van der Waals surface area contributed by atoms with Crippen LogP contribution in [0.1, 0.15) is 0 Å². The second-order valence-corrected chi connectivity index (χ2v) is 5.24. The lowest BCUT2D eigenvalue weighted by Crippen LogP contribution is -2.36. The van der Waals surface area contributed by atoms with Crippen LogP contribution in [0, 0.1) is 0 Å². The molecule has 1 heterocycles. The first-order valence-corrected chi connectivity index (χ1v) is 6.18. The SMILES string of the molecule is CN1CN(C)c2c(Cl)ccc3ccc(Cl)c1c23. The Labute approximate surface area is 110 Å². The molecule has 0 N–H and O–H groups in total. The van der Waals surface area contributed by atoms with Gasteiger partial charge in [0.1, 0.15) is 0 Å². The van der Waals surface area contributed by atoms with Crippen LogP contribution in [0.3, 0.4) is 0 Å². The largest absolute Gasteiger partial charge is 0.355 e. The molecular formula is C13H12Cl2N2. The van der Waals surface area contributed by atoms with Crippen molar-refractivity contribution in [3.63, 3.8) is 0 Å². The van der Waals surface area contributed by atoms with E-state index < -0.39 is 0 Å². The molecule has 0 saturated carbocycles. The first kappa shape index (κ1) is 11.0. The van der Waals surface area contributed by atoms with Crippen LogP contribution in [-0.4, -0.2) is 20.8 Å². The molecule has 3 rings (SSSR count). The van der Waals surface area contributed by atoms with Gasteiger partial charge in [0.2, 0.25) is 0 Å². The number of hydrogen-bond donors (Lipinski definition) is 0. The molecule has 0 aromatic heterocycles. The number of anilines is 2. The number of benzene rings is 2. The van der Waals surface area contributed by atoms with E-state index in [4.69, 9.17) is 23.2 Å². The molecule has 0 radical (unpaired) electrons. The summed E-state index contributed by atoms with van der Waals surface area (Å²) in [6.07, 6.45) is 0. The van der Waals surface area contributed by atoms with Gasteiger partial charge in [-0.1, -0.05) is 35.3 Å². The van der Waals surface area contributed by atoms with Crippen molar-refractivity contribution in [2.45, 2.75) is 0 Å². The number of nitrogens with zero attached hydrogens (tertiary/aromatic N) is 2. The Kier molecular flexibility index (Phi) is 2.39. The van der Waals surface area contributed by atoms with Crippen molar-refractivity contribution in [3.8, 4) is 0 Å². The summed E-state index contributed by atoms with van der Waals surface area (Å²) in [6, 6.07) is 7.96. The van der Waals surface area contributed by atoms with Crippen LogP contribution in [0.5, 0.6) is 0 Å². The lowest BCUT2D eigenvalue weighted by atomic mass is 10.0. The third kappa shape index (κ3) is 1.48. The van der Waals surface area contributed by atoms with Crippen LogP contribution in [-0.2, 0) is 0 Å². The van der Waals surface area contributed by atoms with E-state index in [9.17, 15) is 0 Å². The third-order valence-electron chi connectivity index (χ3n) is 3.22. The van der Waals surface area contributed by atoms with Gasteiger partial charge in [0.15, 0.2) is 0 Å². The van der Waals surface area contributed by atoms with Crippen molar-refractivity contribution in [1.29, 1.82) is 0 Å². The minimum atomic E-state index is 0.775. The first-order valence-electron chi connectivity index (χ1n) is 5.42. The van der Waals surface area contributed by atoms with E-state index >= 15 is 0 Å². The normalized spacial score (nSPS) is 14.6. The molecule has 0 unspecified atom stereocenters. The Hall–Kier alpha value is -1.12. The summed E-state index contributed by atoms with van der Waals surface area (Å²) in [6.45, 7) is 0.787. The second kappa shape index (κ2) is 3.69. The summed E-state index contributed by atoms with van der Waals surface area (Å²) in [4.78, 5) is 4.29. The number of hydrogen-bond acceptors (Lipinski definition) is 2. The van der Waals surface area contributed by atoms with E-state index in [0.717, 1.165) is 33.5 Å². The van der Waals surface area contributed by atoms with Gasteiger partial charge in [-0.05, 0) is 17.5 Å². The monoisotopic (exact) mass is 266 g/mol. The molecule has 2 aromatic carbocycles. The van der Waals surface area contributed by atoms with E-state index in [1.54, 1.807) is 0 Å². The van der Waals surface area contributed by atoms with E-state index in [-0.39, 0.29) is 0 Å². The Morgan fingerprint density at radius 3 is 1.82 bits per heavy atom. The second-order valence-electron chi connectivity index (χ2n) is 4.43. The minimum absolute atomic E-state index is 0.775. The maximum absolute atomic E-state index is 6.30. The van der Waals surface area contributed by atoms with E-state index in [1.165, 1.54) is 5.39 Å². The Morgan fingerprint density at radius 1 is 0.882 bits per heavy atom. The highest BCUT2D eigenvalue weighted by atomic mass is 35.5. The molecule has 17 heavy (non-hydrogen) atoms.